The number of carbonyl (C=O) groups excluding carboxylic acids is 1. The predicted molar refractivity (Wildman–Crippen MR) is 155 cm³/mol. The van der Waals surface area contributed by atoms with Crippen LogP contribution in [0.4, 0.5) is 27.4 Å². The minimum absolute atomic E-state index is 0.117. The molecule has 1 aliphatic heterocycles. The fourth-order valence-electron chi connectivity index (χ4n) is 4.74. The molecular formula is C29H32FN7O3. The number of hydrogen-bond donors (Lipinski definition) is 3. The lowest BCUT2D eigenvalue weighted by molar-refractivity contribution is -0.115. The summed E-state index contributed by atoms with van der Waals surface area (Å²) in [6.07, 6.45) is 2.03. The molecule has 5 rings (SSSR count). The molecule has 0 spiro atoms. The number of halogens is 1. The van der Waals surface area contributed by atoms with E-state index in [-0.39, 0.29) is 24.2 Å². The SMILES string of the molecule is CCC(=O)Nc1cccc(-n2c(=O)cc(C)c3cnc(Nc4ccc(NC5CN(CCF)C5)cc4OC)nc32)c1. The third-order valence-electron chi connectivity index (χ3n) is 6.85. The quantitative estimate of drug-likeness (QED) is 0.271. The maximum atomic E-state index is 13.2. The molecule has 40 heavy (non-hydrogen) atoms. The zero-order chi connectivity index (χ0) is 28.2. The fraction of sp³-hybridized carbons (Fsp3) is 0.310. The molecule has 10 nitrogen and oxygen atoms in total. The molecule has 0 unspecified atom stereocenters. The maximum absolute atomic E-state index is 13.2. The van der Waals surface area contributed by atoms with Crippen molar-refractivity contribution in [2.75, 3.05) is 49.4 Å². The normalized spacial score (nSPS) is 13.6. The highest BCUT2D eigenvalue weighted by molar-refractivity contribution is 5.91. The number of methoxy groups -OCH3 is 1. The Bertz CT molecular complexity index is 1600. The van der Waals surface area contributed by atoms with Crippen molar-refractivity contribution in [2.45, 2.75) is 26.3 Å². The topological polar surface area (TPSA) is 113 Å². The summed E-state index contributed by atoms with van der Waals surface area (Å²) in [5.41, 5.74) is 3.66. The molecule has 1 fully saturated rings. The monoisotopic (exact) mass is 545 g/mol. The zero-order valence-corrected chi connectivity index (χ0v) is 22.7. The van der Waals surface area contributed by atoms with Crippen LogP contribution in [-0.4, -0.2) is 64.8 Å². The molecule has 3 N–H and O–H groups in total. The number of alkyl halides is 1. The molecule has 1 aliphatic rings. The van der Waals surface area contributed by atoms with Gasteiger partial charge in [0.25, 0.3) is 5.56 Å². The minimum Gasteiger partial charge on any atom is -0.494 e. The first-order chi connectivity index (χ1) is 19.4. The van der Waals surface area contributed by atoms with E-state index in [9.17, 15) is 14.0 Å². The van der Waals surface area contributed by atoms with Gasteiger partial charge in [-0.1, -0.05) is 13.0 Å². The van der Waals surface area contributed by atoms with Crippen molar-refractivity contribution in [3.05, 3.63) is 70.6 Å². The first kappa shape index (κ1) is 27.1. The number of aromatic nitrogens is 3. The van der Waals surface area contributed by atoms with E-state index in [4.69, 9.17) is 9.72 Å². The van der Waals surface area contributed by atoms with E-state index < -0.39 is 0 Å². The first-order valence-corrected chi connectivity index (χ1v) is 13.2. The van der Waals surface area contributed by atoms with Crippen LogP contribution in [0.15, 0.2) is 59.5 Å². The third-order valence-corrected chi connectivity index (χ3v) is 6.85. The molecule has 0 saturated carbocycles. The molecule has 208 valence electrons. The number of carbonyl (C=O) groups is 1. The van der Waals surface area contributed by atoms with Crippen LogP contribution in [0.1, 0.15) is 18.9 Å². The van der Waals surface area contributed by atoms with E-state index in [1.165, 1.54) is 4.57 Å². The number of fused-ring (bicyclic) bond motifs is 1. The third kappa shape index (κ3) is 5.74. The summed E-state index contributed by atoms with van der Waals surface area (Å²) in [6, 6.07) is 14.6. The summed E-state index contributed by atoms with van der Waals surface area (Å²) < 4.78 is 19.6. The van der Waals surface area contributed by atoms with Crippen LogP contribution in [0, 0.1) is 6.92 Å². The lowest BCUT2D eigenvalue weighted by Gasteiger charge is -2.39. The Morgan fingerprint density at radius 2 is 1.98 bits per heavy atom. The number of ether oxygens (including phenoxy) is 1. The summed E-state index contributed by atoms with van der Waals surface area (Å²) in [5.74, 6) is 0.768. The molecule has 11 heteroatoms. The largest absolute Gasteiger partial charge is 0.494 e. The van der Waals surface area contributed by atoms with E-state index >= 15 is 0 Å². The molecule has 3 heterocycles. The summed E-state index contributed by atoms with van der Waals surface area (Å²) in [6.45, 7) is 5.34. The van der Waals surface area contributed by atoms with Gasteiger partial charge in [-0.3, -0.25) is 19.1 Å². The first-order valence-electron chi connectivity index (χ1n) is 13.2. The summed E-state index contributed by atoms with van der Waals surface area (Å²) in [4.78, 5) is 36.3. The van der Waals surface area contributed by atoms with Gasteiger partial charge in [-0.05, 0) is 42.8 Å². The number of benzene rings is 2. The van der Waals surface area contributed by atoms with Gasteiger partial charge in [0, 0.05) is 61.1 Å². The highest BCUT2D eigenvalue weighted by atomic mass is 19.1. The zero-order valence-electron chi connectivity index (χ0n) is 22.7. The fourth-order valence-corrected chi connectivity index (χ4v) is 4.74. The number of nitrogens with one attached hydrogen (secondary N) is 3. The Kier molecular flexibility index (Phi) is 7.92. The number of hydrogen-bond acceptors (Lipinski definition) is 8. The van der Waals surface area contributed by atoms with Crippen molar-refractivity contribution in [1.29, 1.82) is 0 Å². The molecule has 0 bridgehead atoms. The molecule has 4 aromatic rings. The Labute approximate surface area is 231 Å². The van der Waals surface area contributed by atoms with Crippen molar-refractivity contribution in [1.82, 2.24) is 19.4 Å². The highest BCUT2D eigenvalue weighted by Gasteiger charge is 2.26. The summed E-state index contributed by atoms with van der Waals surface area (Å²) in [5, 5.41) is 10.2. The van der Waals surface area contributed by atoms with Gasteiger partial charge >= 0.3 is 0 Å². The number of nitrogens with zero attached hydrogens (tertiary/aromatic N) is 4. The van der Waals surface area contributed by atoms with Crippen molar-refractivity contribution >= 4 is 40.0 Å². The van der Waals surface area contributed by atoms with E-state index in [0.29, 0.717) is 47.4 Å². The van der Waals surface area contributed by atoms with Crippen molar-refractivity contribution in [3.8, 4) is 11.4 Å². The number of rotatable bonds is 10. The summed E-state index contributed by atoms with van der Waals surface area (Å²) >= 11 is 0. The van der Waals surface area contributed by atoms with Gasteiger partial charge in [0.1, 0.15) is 12.4 Å². The number of amides is 1. The van der Waals surface area contributed by atoms with Gasteiger partial charge in [0.05, 0.1) is 24.5 Å². The molecule has 0 aliphatic carbocycles. The van der Waals surface area contributed by atoms with Crippen LogP contribution in [0.2, 0.25) is 0 Å². The van der Waals surface area contributed by atoms with E-state index in [2.05, 4.69) is 25.8 Å². The second kappa shape index (κ2) is 11.7. The molecule has 0 radical (unpaired) electrons. The highest BCUT2D eigenvalue weighted by Crippen LogP contribution is 2.31. The molecular weight excluding hydrogens is 513 g/mol. The van der Waals surface area contributed by atoms with Gasteiger partial charge in [-0.2, -0.15) is 4.98 Å². The van der Waals surface area contributed by atoms with Crippen molar-refractivity contribution in [3.63, 3.8) is 0 Å². The van der Waals surface area contributed by atoms with Gasteiger partial charge in [0.2, 0.25) is 11.9 Å². The Hall–Kier alpha value is -4.51. The smallest absolute Gasteiger partial charge is 0.257 e. The van der Waals surface area contributed by atoms with E-state index in [1.807, 2.05) is 25.1 Å². The average molecular weight is 546 g/mol. The molecule has 1 amide bonds. The molecule has 0 atom stereocenters. The maximum Gasteiger partial charge on any atom is 0.257 e. The van der Waals surface area contributed by atoms with Crippen molar-refractivity contribution in [2.24, 2.45) is 0 Å². The number of pyridine rings is 1. The van der Waals surface area contributed by atoms with E-state index in [0.717, 1.165) is 29.7 Å². The number of anilines is 4. The van der Waals surface area contributed by atoms with Crippen molar-refractivity contribution < 1.29 is 13.9 Å². The van der Waals surface area contributed by atoms with Crippen LogP contribution in [0.25, 0.3) is 16.7 Å². The van der Waals surface area contributed by atoms with Gasteiger partial charge < -0.3 is 20.7 Å². The van der Waals surface area contributed by atoms with Gasteiger partial charge in [-0.15, -0.1) is 0 Å². The minimum atomic E-state index is -0.336. The van der Waals surface area contributed by atoms with Crippen LogP contribution < -0.4 is 26.2 Å². The standard InChI is InChI=1S/C29H32FN7O3/c1-4-26(38)33-19-6-5-7-22(13-19)37-27(39)12-18(2)23-15-31-29(35-28(23)37)34-24-9-8-20(14-25(24)40-3)32-21-16-36(17-21)11-10-30/h5-9,12-15,21,32H,4,10-11,16-17H2,1-3H3,(H,33,38)(H,31,34,35). The lowest BCUT2D eigenvalue weighted by atomic mass is 10.1. The second-order valence-electron chi connectivity index (χ2n) is 9.71. The number of likely N-dealkylation sites (tertiary alicyclic amines) is 1. The Morgan fingerprint density at radius 1 is 1.15 bits per heavy atom. The van der Waals surface area contributed by atoms with Crippen LogP contribution in [0.3, 0.4) is 0 Å². The number of aryl methyl sites for hydroxylation is 1. The van der Waals surface area contributed by atoms with Gasteiger partial charge in [-0.25, -0.2) is 9.37 Å². The summed E-state index contributed by atoms with van der Waals surface area (Å²) in [7, 11) is 1.59. The van der Waals surface area contributed by atoms with E-state index in [1.54, 1.807) is 50.6 Å². The molecule has 1 saturated heterocycles. The lowest BCUT2D eigenvalue weighted by Crippen LogP contribution is -2.55. The molecule has 2 aromatic carbocycles. The molecule has 2 aromatic heterocycles. The van der Waals surface area contributed by atoms with Gasteiger partial charge in [0.15, 0.2) is 5.65 Å². The van der Waals surface area contributed by atoms with Crippen LogP contribution in [0.5, 0.6) is 5.75 Å². The van der Waals surface area contributed by atoms with Crippen LogP contribution >= 0.6 is 0 Å². The predicted octanol–water partition coefficient (Wildman–Crippen LogP) is 4.26. The van der Waals surface area contributed by atoms with Crippen LogP contribution in [-0.2, 0) is 4.79 Å². The second-order valence-corrected chi connectivity index (χ2v) is 9.71. The Balaban J connectivity index is 1.44. The average Bonchev–Trinajstić information content (AvgIpc) is 2.92. The Morgan fingerprint density at radius 3 is 2.73 bits per heavy atom.